The quantitative estimate of drug-likeness (QED) is 0.730. The van der Waals surface area contributed by atoms with Crippen molar-refractivity contribution in [3.63, 3.8) is 0 Å². The molecule has 0 aromatic rings. The summed E-state index contributed by atoms with van der Waals surface area (Å²) in [6, 6.07) is -0.382. The van der Waals surface area contributed by atoms with Crippen molar-refractivity contribution in [2.24, 2.45) is 17.6 Å². The van der Waals surface area contributed by atoms with Crippen molar-refractivity contribution in [2.75, 3.05) is 13.1 Å². The Kier molecular flexibility index (Phi) is 5.77. The predicted molar refractivity (Wildman–Crippen MR) is 59.9 cm³/mol. The minimum Gasteiger partial charge on any atom is -0.341 e. The van der Waals surface area contributed by atoms with Gasteiger partial charge >= 0.3 is 0 Å². The Labute approximate surface area is 87.6 Å². The standard InChI is InChI=1S/C11H24N2O/c1-8(2)6-13(7-9(3)4)11(14)10(5)12/h8-10H,6-7,12H2,1-5H3. The molecule has 84 valence electrons. The molecule has 1 unspecified atom stereocenters. The van der Waals surface area contributed by atoms with Gasteiger partial charge in [0.05, 0.1) is 6.04 Å². The van der Waals surface area contributed by atoms with Crippen LogP contribution in [-0.2, 0) is 4.79 Å². The Morgan fingerprint density at radius 3 is 1.64 bits per heavy atom. The number of carbonyl (C=O) groups is 1. The van der Waals surface area contributed by atoms with E-state index >= 15 is 0 Å². The highest BCUT2D eigenvalue weighted by molar-refractivity contribution is 5.81. The molecule has 0 aromatic heterocycles. The topological polar surface area (TPSA) is 46.3 Å². The summed E-state index contributed by atoms with van der Waals surface area (Å²) in [5.41, 5.74) is 5.60. The fraction of sp³-hybridized carbons (Fsp3) is 0.909. The highest BCUT2D eigenvalue weighted by atomic mass is 16.2. The maximum atomic E-state index is 11.7. The molecular formula is C11H24N2O. The number of nitrogens with two attached hydrogens (primary N) is 1. The van der Waals surface area contributed by atoms with Crippen molar-refractivity contribution in [1.29, 1.82) is 0 Å². The van der Waals surface area contributed by atoms with Crippen molar-refractivity contribution in [3.05, 3.63) is 0 Å². The van der Waals surface area contributed by atoms with Gasteiger partial charge in [-0.15, -0.1) is 0 Å². The van der Waals surface area contributed by atoms with Crippen LogP contribution in [-0.4, -0.2) is 29.9 Å². The Balaban J connectivity index is 4.31. The second-order valence-corrected chi connectivity index (χ2v) is 4.82. The van der Waals surface area contributed by atoms with E-state index < -0.39 is 0 Å². The van der Waals surface area contributed by atoms with E-state index in [1.165, 1.54) is 0 Å². The number of hydrogen-bond acceptors (Lipinski definition) is 2. The molecule has 0 bridgehead atoms. The van der Waals surface area contributed by atoms with Crippen molar-refractivity contribution >= 4 is 5.91 Å². The van der Waals surface area contributed by atoms with E-state index in [0.717, 1.165) is 13.1 Å². The summed E-state index contributed by atoms with van der Waals surface area (Å²) in [6.45, 7) is 11.8. The first kappa shape index (κ1) is 13.4. The molecule has 0 aromatic carbocycles. The molecule has 0 spiro atoms. The predicted octanol–water partition coefficient (Wildman–Crippen LogP) is 1.47. The van der Waals surface area contributed by atoms with Crippen LogP contribution in [0.5, 0.6) is 0 Å². The molecule has 3 heteroatoms. The molecule has 0 aliphatic rings. The van der Waals surface area contributed by atoms with E-state index in [2.05, 4.69) is 27.7 Å². The number of hydrogen-bond donors (Lipinski definition) is 1. The van der Waals surface area contributed by atoms with Crippen LogP contribution < -0.4 is 5.73 Å². The van der Waals surface area contributed by atoms with E-state index in [1.54, 1.807) is 6.92 Å². The lowest BCUT2D eigenvalue weighted by Gasteiger charge is -2.27. The van der Waals surface area contributed by atoms with Gasteiger partial charge in [-0.1, -0.05) is 27.7 Å². The van der Waals surface area contributed by atoms with E-state index in [9.17, 15) is 4.79 Å². The molecule has 0 aliphatic carbocycles. The fourth-order valence-electron chi connectivity index (χ4n) is 1.42. The maximum Gasteiger partial charge on any atom is 0.239 e. The molecule has 0 saturated heterocycles. The minimum absolute atomic E-state index is 0.0624. The number of rotatable bonds is 5. The highest BCUT2D eigenvalue weighted by Gasteiger charge is 2.18. The van der Waals surface area contributed by atoms with Crippen molar-refractivity contribution in [2.45, 2.75) is 40.7 Å². The minimum atomic E-state index is -0.382. The summed E-state index contributed by atoms with van der Waals surface area (Å²) in [5.74, 6) is 1.06. The van der Waals surface area contributed by atoms with Gasteiger partial charge in [-0.2, -0.15) is 0 Å². The van der Waals surface area contributed by atoms with Crippen molar-refractivity contribution in [1.82, 2.24) is 4.90 Å². The van der Waals surface area contributed by atoms with Crippen LogP contribution in [0, 0.1) is 11.8 Å². The molecule has 0 rings (SSSR count). The molecule has 0 fully saturated rings. The van der Waals surface area contributed by atoms with Crippen LogP contribution >= 0.6 is 0 Å². The molecule has 3 nitrogen and oxygen atoms in total. The summed E-state index contributed by atoms with van der Waals surface area (Å²) in [7, 11) is 0. The second kappa shape index (κ2) is 6.02. The highest BCUT2D eigenvalue weighted by Crippen LogP contribution is 2.05. The molecular weight excluding hydrogens is 176 g/mol. The van der Waals surface area contributed by atoms with Crippen LogP contribution in [0.4, 0.5) is 0 Å². The van der Waals surface area contributed by atoms with Gasteiger partial charge in [-0.25, -0.2) is 0 Å². The van der Waals surface area contributed by atoms with Gasteiger partial charge in [-0.05, 0) is 18.8 Å². The van der Waals surface area contributed by atoms with Crippen molar-refractivity contribution in [3.8, 4) is 0 Å². The first-order valence-electron chi connectivity index (χ1n) is 5.39. The number of nitrogens with zero attached hydrogens (tertiary/aromatic N) is 1. The van der Waals surface area contributed by atoms with E-state index in [0.29, 0.717) is 11.8 Å². The molecule has 0 saturated carbocycles. The lowest BCUT2D eigenvalue weighted by atomic mass is 10.1. The van der Waals surface area contributed by atoms with Gasteiger partial charge in [0.2, 0.25) is 5.91 Å². The first-order chi connectivity index (χ1) is 6.34. The Hall–Kier alpha value is -0.570. The Morgan fingerprint density at radius 2 is 1.43 bits per heavy atom. The van der Waals surface area contributed by atoms with Gasteiger partial charge in [0.1, 0.15) is 0 Å². The summed E-state index contributed by atoms with van der Waals surface area (Å²) >= 11 is 0. The molecule has 1 amide bonds. The van der Waals surface area contributed by atoms with Crippen LogP contribution in [0.3, 0.4) is 0 Å². The molecule has 1 atom stereocenters. The third-order valence-electron chi connectivity index (χ3n) is 1.87. The zero-order valence-electron chi connectivity index (χ0n) is 10.1. The zero-order valence-corrected chi connectivity index (χ0v) is 10.1. The maximum absolute atomic E-state index is 11.7. The lowest BCUT2D eigenvalue weighted by Crippen LogP contribution is -2.45. The molecule has 0 heterocycles. The zero-order chi connectivity index (χ0) is 11.3. The smallest absolute Gasteiger partial charge is 0.239 e. The Morgan fingerprint density at radius 1 is 1.07 bits per heavy atom. The van der Waals surface area contributed by atoms with E-state index in [-0.39, 0.29) is 11.9 Å². The Bertz CT molecular complexity index is 166. The average Bonchev–Trinajstić information content (AvgIpc) is 1.99. The first-order valence-corrected chi connectivity index (χ1v) is 5.39. The number of carbonyl (C=O) groups excluding carboxylic acids is 1. The van der Waals surface area contributed by atoms with Crippen LogP contribution in [0.1, 0.15) is 34.6 Å². The second-order valence-electron chi connectivity index (χ2n) is 4.82. The molecule has 0 radical (unpaired) electrons. The van der Waals surface area contributed by atoms with Gasteiger partial charge in [-0.3, -0.25) is 4.79 Å². The summed E-state index contributed by atoms with van der Waals surface area (Å²) in [5, 5.41) is 0. The summed E-state index contributed by atoms with van der Waals surface area (Å²) < 4.78 is 0. The molecule has 14 heavy (non-hydrogen) atoms. The average molecular weight is 200 g/mol. The van der Waals surface area contributed by atoms with E-state index in [1.807, 2.05) is 4.90 Å². The monoisotopic (exact) mass is 200 g/mol. The normalized spacial score (nSPS) is 13.4. The third-order valence-corrected chi connectivity index (χ3v) is 1.87. The number of amides is 1. The third kappa shape index (κ3) is 5.22. The fourth-order valence-corrected chi connectivity index (χ4v) is 1.42. The summed E-state index contributed by atoms with van der Waals surface area (Å²) in [4.78, 5) is 13.6. The SMILES string of the molecule is CC(C)CN(CC(C)C)C(=O)C(C)N. The van der Waals surface area contributed by atoms with Crippen LogP contribution in [0.25, 0.3) is 0 Å². The molecule has 0 aliphatic heterocycles. The van der Waals surface area contributed by atoms with Gasteiger partial charge in [0, 0.05) is 13.1 Å². The van der Waals surface area contributed by atoms with Gasteiger partial charge < -0.3 is 10.6 Å². The van der Waals surface area contributed by atoms with Gasteiger partial charge in [0.25, 0.3) is 0 Å². The van der Waals surface area contributed by atoms with E-state index in [4.69, 9.17) is 5.73 Å². The molecule has 2 N–H and O–H groups in total. The van der Waals surface area contributed by atoms with Crippen LogP contribution in [0.15, 0.2) is 0 Å². The largest absolute Gasteiger partial charge is 0.341 e. The van der Waals surface area contributed by atoms with Crippen molar-refractivity contribution < 1.29 is 4.79 Å². The summed E-state index contributed by atoms with van der Waals surface area (Å²) in [6.07, 6.45) is 0. The lowest BCUT2D eigenvalue weighted by molar-refractivity contribution is -0.133. The van der Waals surface area contributed by atoms with Gasteiger partial charge in [0.15, 0.2) is 0 Å². The van der Waals surface area contributed by atoms with Crippen LogP contribution in [0.2, 0.25) is 0 Å².